The first-order valence-electron chi connectivity index (χ1n) is 8.30. The van der Waals surface area contributed by atoms with Gasteiger partial charge >= 0.3 is 17.7 Å². The lowest BCUT2D eigenvalue weighted by molar-refractivity contribution is -0.137. The molecule has 1 aromatic heterocycles. The molecular formula is C19H23NO6. The first kappa shape index (κ1) is 19.5. The fourth-order valence-electron chi connectivity index (χ4n) is 2.22. The standard InChI is InChI=1S/C19H23NO6/c1-11(2)16(20-18(23)26-19(3,4)5)17(22)24-13-8-6-12-7-9-15(21)25-14(12)10-13/h6-11,16H,1-5H3,(H,20,23). The van der Waals surface area contributed by atoms with E-state index in [-0.39, 0.29) is 11.7 Å². The van der Waals surface area contributed by atoms with Gasteiger partial charge < -0.3 is 19.2 Å². The van der Waals surface area contributed by atoms with Gasteiger partial charge in [0.2, 0.25) is 0 Å². The molecule has 140 valence electrons. The Bertz CT molecular complexity index is 862. The van der Waals surface area contributed by atoms with Crippen LogP contribution >= 0.6 is 0 Å². The van der Waals surface area contributed by atoms with Crippen molar-refractivity contribution in [2.24, 2.45) is 5.92 Å². The Morgan fingerprint density at radius 1 is 1.12 bits per heavy atom. The normalized spacial score (nSPS) is 12.7. The van der Waals surface area contributed by atoms with E-state index >= 15 is 0 Å². The van der Waals surface area contributed by atoms with Crippen LogP contribution in [0.4, 0.5) is 4.79 Å². The third kappa shape index (κ3) is 5.34. The minimum absolute atomic E-state index is 0.214. The Morgan fingerprint density at radius 3 is 2.38 bits per heavy atom. The van der Waals surface area contributed by atoms with Crippen molar-refractivity contribution < 1.29 is 23.5 Å². The highest BCUT2D eigenvalue weighted by molar-refractivity contribution is 5.84. The van der Waals surface area contributed by atoms with Crippen molar-refractivity contribution in [1.29, 1.82) is 0 Å². The highest BCUT2D eigenvalue weighted by Crippen LogP contribution is 2.20. The Kier molecular flexibility index (Phi) is 5.69. The zero-order valence-corrected chi connectivity index (χ0v) is 15.5. The average Bonchev–Trinajstić information content (AvgIpc) is 2.50. The fraction of sp³-hybridized carbons (Fsp3) is 0.421. The smallest absolute Gasteiger partial charge is 0.408 e. The maximum absolute atomic E-state index is 12.5. The molecule has 1 N–H and O–H groups in total. The molecule has 7 nitrogen and oxygen atoms in total. The van der Waals surface area contributed by atoms with Gasteiger partial charge in [-0.2, -0.15) is 0 Å². The van der Waals surface area contributed by atoms with E-state index in [0.29, 0.717) is 11.0 Å². The number of carbonyl (C=O) groups excluding carboxylic acids is 2. The minimum atomic E-state index is -0.886. The van der Waals surface area contributed by atoms with Gasteiger partial charge in [0, 0.05) is 17.5 Å². The van der Waals surface area contributed by atoms with Crippen LogP contribution in [0.15, 0.2) is 39.5 Å². The number of ether oxygens (including phenoxy) is 2. The Balaban J connectivity index is 2.14. The molecule has 2 rings (SSSR count). The van der Waals surface area contributed by atoms with Crippen LogP contribution in [-0.4, -0.2) is 23.7 Å². The summed E-state index contributed by atoms with van der Waals surface area (Å²) >= 11 is 0. The molecule has 0 bridgehead atoms. The molecular weight excluding hydrogens is 338 g/mol. The Hall–Kier alpha value is -2.83. The van der Waals surface area contributed by atoms with Crippen molar-refractivity contribution in [2.75, 3.05) is 0 Å². The number of nitrogens with one attached hydrogen (secondary N) is 1. The Morgan fingerprint density at radius 2 is 1.77 bits per heavy atom. The summed E-state index contributed by atoms with van der Waals surface area (Å²) in [7, 11) is 0. The zero-order valence-electron chi connectivity index (χ0n) is 15.5. The summed E-state index contributed by atoms with van der Waals surface area (Å²) in [5.41, 5.74) is -0.859. The molecule has 1 aromatic carbocycles. The molecule has 0 aliphatic carbocycles. The van der Waals surface area contributed by atoms with E-state index < -0.39 is 29.3 Å². The molecule has 0 aliphatic rings. The predicted octanol–water partition coefficient (Wildman–Crippen LogP) is 3.25. The van der Waals surface area contributed by atoms with Crippen molar-refractivity contribution >= 4 is 23.0 Å². The summed E-state index contributed by atoms with van der Waals surface area (Å²) < 4.78 is 15.6. The van der Waals surface area contributed by atoms with Gasteiger partial charge in [-0.15, -0.1) is 0 Å². The molecule has 1 unspecified atom stereocenters. The molecule has 1 atom stereocenters. The van der Waals surface area contributed by atoms with Crippen LogP contribution in [-0.2, 0) is 9.53 Å². The van der Waals surface area contributed by atoms with E-state index in [1.54, 1.807) is 52.8 Å². The van der Waals surface area contributed by atoms with Crippen LogP contribution in [0.3, 0.4) is 0 Å². The monoisotopic (exact) mass is 361 g/mol. The third-order valence-corrected chi connectivity index (χ3v) is 3.41. The second kappa shape index (κ2) is 7.59. The number of amides is 1. The summed E-state index contributed by atoms with van der Waals surface area (Å²) in [6.45, 7) is 8.76. The van der Waals surface area contributed by atoms with Gasteiger partial charge in [0.25, 0.3) is 0 Å². The quantitative estimate of drug-likeness (QED) is 0.510. The number of carbonyl (C=O) groups is 2. The Labute approximate surface area is 151 Å². The minimum Gasteiger partial charge on any atom is -0.444 e. The van der Waals surface area contributed by atoms with E-state index in [4.69, 9.17) is 13.9 Å². The second-order valence-electron chi connectivity index (χ2n) is 7.24. The van der Waals surface area contributed by atoms with Gasteiger partial charge in [0.05, 0.1) is 0 Å². The van der Waals surface area contributed by atoms with Crippen LogP contribution in [0.25, 0.3) is 11.0 Å². The van der Waals surface area contributed by atoms with E-state index in [0.717, 1.165) is 0 Å². The third-order valence-electron chi connectivity index (χ3n) is 3.41. The number of rotatable bonds is 4. The van der Waals surface area contributed by atoms with E-state index in [9.17, 15) is 14.4 Å². The van der Waals surface area contributed by atoms with Crippen LogP contribution in [0, 0.1) is 5.92 Å². The largest absolute Gasteiger partial charge is 0.444 e. The topological polar surface area (TPSA) is 94.8 Å². The van der Waals surface area contributed by atoms with Crippen LogP contribution in [0.1, 0.15) is 34.6 Å². The zero-order chi connectivity index (χ0) is 19.5. The number of alkyl carbamates (subject to hydrolysis) is 1. The number of fused-ring (bicyclic) bond motifs is 1. The first-order chi connectivity index (χ1) is 12.0. The summed E-state index contributed by atoms with van der Waals surface area (Å²) in [6, 6.07) is 6.77. The summed E-state index contributed by atoms with van der Waals surface area (Å²) in [5.74, 6) is -0.634. The SMILES string of the molecule is CC(C)C(NC(=O)OC(C)(C)C)C(=O)Oc1ccc2ccc(=O)oc2c1. The van der Waals surface area contributed by atoms with Gasteiger partial charge in [0.1, 0.15) is 23.0 Å². The van der Waals surface area contributed by atoms with E-state index in [2.05, 4.69) is 5.32 Å². The number of hydrogen-bond donors (Lipinski definition) is 1. The van der Waals surface area contributed by atoms with Gasteiger partial charge in [-0.25, -0.2) is 14.4 Å². The van der Waals surface area contributed by atoms with Crippen LogP contribution in [0.2, 0.25) is 0 Å². The fourth-order valence-corrected chi connectivity index (χ4v) is 2.22. The average molecular weight is 361 g/mol. The maximum Gasteiger partial charge on any atom is 0.408 e. The lowest BCUT2D eigenvalue weighted by atomic mass is 10.1. The van der Waals surface area contributed by atoms with Crippen molar-refractivity contribution in [2.45, 2.75) is 46.3 Å². The van der Waals surface area contributed by atoms with Crippen LogP contribution < -0.4 is 15.7 Å². The maximum atomic E-state index is 12.5. The first-order valence-corrected chi connectivity index (χ1v) is 8.30. The molecule has 0 saturated heterocycles. The van der Waals surface area contributed by atoms with Crippen molar-refractivity contribution in [1.82, 2.24) is 5.32 Å². The summed E-state index contributed by atoms with van der Waals surface area (Å²) in [4.78, 5) is 35.7. The summed E-state index contributed by atoms with van der Waals surface area (Å²) in [5, 5.41) is 3.24. The molecule has 0 radical (unpaired) electrons. The van der Waals surface area contributed by atoms with E-state index in [1.165, 1.54) is 12.1 Å². The number of hydrogen-bond acceptors (Lipinski definition) is 6. The molecule has 1 amide bonds. The molecule has 0 spiro atoms. The van der Waals surface area contributed by atoms with E-state index in [1.807, 2.05) is 0 Å². The predicted molar refractivity (Wildman–Crippen MR) is 96.1 cm³/mol. The van der Waals surface area contributed by atoms with Crippen molar-refractivity contribution in [3.8, 4) is 5.75 Å². The molecule has 7 heteroatoms. The van der Waals surface area contributed by atoms with Crippen LogP contribution in [0.5, 0.6) is 5.75 Å². The molecule has 0 aliphatic heterocycles. The van der Waals surface area contributed by atoms with Crippen molar-refractivity contribution in [3.63, 3.8) is 0 Å². The lowest BCUT2D eigenvalue weighted by Crippen LogP contribution is -2.48. The van der Waals surface area contributed by atoms with Crippen molar-refractivity contribution in [3.05, 3.63) is 40.8 Å². The second-order valence-corrected chi connectivity index (χ2v) is 7.24. The number of esters is 1. The van der Waals surface area contributed by atoms with Gasteiger partial charge in [-0.1, -0.05) is 13.8 Å². The molecule has 0 saturated carbocycles. The van der Waals surface area contributed by atoms with Gasteiger partial charge in [0.15, 0.2) is 0 Å². The highest BCUT2D eigenvalue weighted by Gasteiger charge is 2.28. The summed E-state index contributed by atoms with van der Waals surface area (Å²) in [6.07, 6.45) is -0.697. The highest BCUT2D eigenvalue weighted by atomic mass is 16.6. The molecule has 0 fully saturated rings. The molecule has 1 heterocycles. The molecule has 26 heavy (non-hydrogen) atoms. The lowest BCUT2D eigenvalue weighted by Gasteiger charge is -2.24. The van der Waals surface area contributed by atoms with Gasteiger partial charge in [-0.3, -0.25) is 0 Å². The molecule has 2 aromatic rings. The number of benzene rings is 1. The van der Waals surface area contributed by atoms with Gasteiger partial charge in [-0.05, 0) is 44.9 Å².